The fourth-order valence-electron chi connectivity index (χ4n) is 2.36. The third-order valence-corrected chi connectivity index (χ3v) is 4.38. The first-order valence-corrected chi connectivity index (χ1v) is 6.80. The summed E-state index contributed by atoms with van der Waals surface area (Å²) in [4.78, 5) is 5.73. The van der Waals surface area contributed by atoms with Gasteiger partial charge in [0.05, 0.1) is 16.8 Å². The van der Waals surface area contributed by atoms with Crippen LogP contribution in [0.3, 0.4) is 0 Å². The zero-order valence-corrected chi connectivity index (χ0v) is 10.8. The predicted octanol–water partition coefficient (Wildman–Crippen LogP) is 2.01. The van der Waals surface area contributed by atoms with E-state index >= 15 is 0 Å². The van der Waals surface area contributed by atoms with E-state index in [1.165, 1.54) is 11.3 Å². The monoisotopic (exact) mass is 240 g/mol. The van der Waals surface area contributed by atoms with E-state index in [4.69, 9.17) is 0 Å². The van der Waals surface area contributed by atoms with E-state index in [-0.39, 0.29) is 6.10 Å². The number of aliphatic hydroxyl groups is 1. The van der Waals surface area contributed by atoms with Crippen LogP contribution in [0.15, 0.2) is 0 Å². The Morgan fingerprint density at radius 2 is 2.25 bits per heavy atom. The molecule has 1 aromatic rings. The van der Waals surface area contributed by atoms with Crippen LogP contribution in [0.25, 0.3) is 0 Å². The molecule has 2 atom stereocenters. The summed E-state index contributed by atoms with van der Waals surface area (Å²) >= 11 is 1.76. The third-order valence-electron chi connectivity index (χ3n) is 3.31. The quantitative estimate of drug-likeness (QED) is 0.846. The van der Waals surface area contributed by atoms with Crippen molar-refractivity contribution in [3.8, 4) is 0 Å². The number of nitrogens with zero attached hydrogens (tertiary/aromatic N) is 1. The average Bonchev–Trinajstić information content (AvgIpc) is 2.75. The van der Waals surface area contributed by atoms with Crippen molar-refractivity contribution in [1.29, 1.82) is 0 Å². The molecule has 1 fully saturated rings. The first-order valence-electron chi connectivity index (χ1n) is 5.98. The van der Waals surface area contributed by atoms with Gasteiger partial charge in [0, 0.05) is 18.0 Å². The molecule has 0 spiro atoms. The summed E-state index contributed by atoms with van der Waals surface area (Å²) < 4.78 is 0. The maximum absolute atomic E-state index is 9.70. The molecular weight excluding hydrogens is 220 g/mol. The number of hydrogen-bond donors (Lipinski definition) is 2. The van der Waals surface area contributed by atoms with Gasteiger partial charge >= 0.3 is 0 Å². The summed E-state index contributed by atoms with van der Waals surface area (Å²) in [6, 6.07) is 0. The van der Waals surface area contributed by atoms with Crippen molar-refractivity contribution in [2.45, 2.75) is 45.8 Å². The average molecular weight is 240 g/mol. The van der Waals surface area contributed by atoms with Crippen molar-refractivity contribution in [2.75, 3.05) is 6.54 Å². The summed E-state index contributed by atoms with van der Waals surface area (Å²) in [7, 11) is 0. The van der Waals surface area contributed by atoms with Gasteiger partial charge < -0.3 is 10.4 Å². The first-order chi connectivity index (χ1) is 7.66. The highest BCUT2D eigenvalue weighted by atomic mass is 32.1. The molecule has 2 rings (SSSR count). The van der Waals surface area contributed by atoms with Gasteiger partial charge in [0.15, 0.2) is 0 Å². The number of rotatable bonds is 4. The van der Waals surface area contributed by atoms with Gasteiger partial charge in [-0.25, -0.2) is 4.98 Å². The number of aryl methyl sites for hydroxylation is 2. The van der Waals surface area contributed by atoms with Crippen molar-refractivity contribution in [3.63, 3.8) is 0 Å². The normalized spacial score (nSPS) is 25.2. The highest BCUT2D eigenvalue weighted by Crippen LogP contribution is 2.25. The molecule has 1 aliphatic carbocycles. The van der Waals surface area contributed by atoms with Crippen LogP contribution < -0.4 is 5.32 Å². The lowest BCUT2D eigenvalue weighted by Crippen LogP contribution is -2.27. The topological polar surface area (TPSA) is 45.2 Å². The lowest BCUT2D eigenvalue weighted by atomic mass is 10.1. The van der Waals surface area contributed by atoms with Crippen molar-refractivity contribution in [1.82, 2.24) is 10.3 Å². The van der Waals surface area contributed by atoms with Gasteiger partial charge in [0.25, 0.3) is 0 Å². The minimum absolute atomic E-state index is 0.0863. The van der Waals surface area contributed by atoms with Crippen LogP contribution in [0.5, 0.6) is 0 Å². The van der Waals surface area contributed by atoms with Gasteiger partial charge in [-0.3, -0.25) is 0 Å². The van der Waals surface area contributed by atoms with Gasteiger partial charge in [-0.15, -0.1) is 11.3 Å². The van der Waals surface area contributed by atoms with Crippen LogP contribution >= 0.6 is 11.3 Å². The maximum atomic E-state index is 9.70. The van der Waals surface area contributed by atoms with Crippen LogP contribution in [-0.2, 0) is 6.54 Å². The standard InChI is InChI=1S/C12H20N2OS/c1-8-12(16-9(2)14-8)7-13-6-10-4-3-5-11(10)15/h10-11,13,15H,3-7H2,1-2H3. The number of hydrogen-bond acceptors (Lipinski definition) is 4. The minimum Gasteiger partial charge on any atom is -0.393 e. The van der Waals surface area contributed by atoms with E-state index in [9.17, 15) is 5.11 Å². The molecule has 0 aliphatic heterocycles. The van der Waals surface area contributed by atoms with Crippen LogP contribution in [0, 0.1) is 19.8 Å². The Morgan fingerprint density at radius 1 is 1.44 bits per heavy atom. The molecule has 1 heterocycles. The highest BCUT2D eigenvalue weighted by Gasteiger charge is 2.24. The molecule has 3 nitrogen and oxygen atoms in total. The summed E-state index contributed by atoms with van der Waals surface area (Å²) in [5.41, 5.74) is 1.14. The minimum atomic E-state index is -0.0863. The molecule has 16 heavy (non-hydrogen) atoms. The van der Waals surface area contributed by atoms with Crippen LogP contribution in [0.1, 0.15) is 34.8 Å². The Morgan fingerprint density at radius 3 is 2.81 bits per heavy atom. The largest absolute Gasteiger partial charge is 0.393 e. The van der Waals surface area contributed by atoms with Gasteiger partial charge in [0.1, 0.15) is 0 Å². The van der Waals surface area contributed by atoms with Crippen molar-refractivity contribution in [3.05, 3.63) is 15.6 Å². The summed E-state index contributed by atoms with van der Waals surface area (Å²) in [5.74, 6) is 0.453. The second-order valence-electron chi connectivity index (χ2n) is 4.63. The van der Waals surface area contributed by atoms with Gasteiger partial charge in [-0.1, -0.05) is 6.42 Å². The molecule has 0 saturated heterocycles. The second-order valence-corrected chi connectivity index (χ2v) is 5.92. The molecule has 2 unspecified atom stereocenters. The number of nitrogens with one attached hydrogen (secondary N) is 1. The van der Waals surface area contributed by atoms with Crippen LogP contribution in [0.4, 0.5) is 0 Å². The SMILES string of the molecule is Cc1nc(C)c(CNCC2CCCC2O)s1. The maximum Gasteiger partial charge on any atom is 0.0900 e. The van der Waals surface area contributed by atoms with E-state index in [0.29, 0.717) is 5.92 Å². The van der Waals surface area contributed by atoms with Gasteiger partial charge in [-0.05, 0) is 32.6 Å². The molecule has 4 heteroatoms. The summed E-state index contributed by atoms with van der Waals surface area (Å²) in [6.45, 7) is 5.92. The van der Waals surface area contributed by atoms with Crippen molar-refractivity contribution < 1.29 is 5.11 Å². The Balaban J connectivity index is 1.77. The van der Waals surface area contributed by atoms with Crippen LogP contribution in [-0.4, -0.2) is 22.7 Å². The highest BCUT2D eigenvalue weighted by molar-refractivity contribution is 7.11. The van der Waals surface area contributed by atoms with E-state index in [1.54, 1.807) is 11.3 Å². The van der Waals surface area contributed by atoms with E-state index in [0.717, 1.165) is 36.6 Å². The molecule has 1 aliphatic rings. The molecule has 1 aromatic heterocycles. The third kappa shape index (κ3) is 2.81. The Labute approximate surface area is 101 Å². The number of aromatic nitrogens is 1. The molecule has 2 N–H and O–H groups in total. The molecule has 0 amide bonds. The summed E-state index contributed by atoms with van der Waals surface area (Å²) in [6.07, 6.45) is 3.23. The smallest absolute Gasteiger partial charge is 0.0900 e. The molecule has 1 saturated carbocycles. The molecule has 0 aromatic carbocycles. The molecule has 0 bridgehead atoms. The van der Waals surface area contributed by atoms with Gasteiger partial charge in [-0.2, -0.15) is 0 Å². The Hall–Kier alpha value is -0.450. The zero-order valence-electron chi connectivity index (χ0n) is 9.99. The van der Waals surface area contributed by atoms with Gasteiger partial charge in [0.2, 0.25) is 0 Å². The van der Waals surface area contributed by atoms with E-state index in [1.807, 2.05) is 6.92 Å². The predicted molar refractivity (Wildman–Crippen MR) is 66.6 cm³/mol. The molecule has 90 valence electrons. The molecular formula is C12H20N2OS. The second kappa shape index (κ2) is 5.25. The lowest BCUT2D eigenvalue weighted by Gasteiger charge is -2.14. The van der Waals surface area contributed by atoms with E-state index < -0.39 is 0 Å². The Kier molecular flexibility index (Phi) is 3.95. The summed E-state index contributed by atoms with van der Waals surface area (Å²) in [5, 5.41) is 14.3. The fourth-order valence-corrected chi connectivity index (χ4v) is 3.27. The van der Waals surface area contributed by atoms with E-state index in [2.05, 4.69) is 17.2 Å². The van der Waals surface area contributed by atoms with Crippen molar-refractivity contribution >= 4 is 11.3 Å². The van der Waals surface area contributed by atoms with Crippen molar-refractivity contribution in [2.24, 2.45) is 5.92 Å². The number of thiazole rings is 1. The number of aliphatic hydroxyl groups excluding tert-OH is 1. The fraction of sp³-hybridized carbons (Fsp3) is 0.750. The Bertz CT molecular complexity index is 351. The zero-order chi connectivity index (χ0) is 11.5. The molecule has 0 radical (unpaired) electrons. The lowest BCUT2D eigenvalue weighted by molar-refractivity contribution is 0.131. The first kappa shape index (κ1) is 12.0. The van der Waals surface area contributed by atoms with Crippen LogP contribution in [0.2, 0.25) is 0 Å².